The normalized spacial score (nSPS) is 13.1. The minimum atomic E-state index is -0.514. The van der Waals surface area contributed by atoms with Crippen LogP contribution >= 0.6 is 0 Å². The molecule has 3 heteroatoms. The lowest BCUT2D eigenvalue weighted by molar-refractivity contribution is 0.111. The fourth-order valence-electron chi connectivity index (χ4n) is 1.36. The van der Waals surface area contributed by atoms with Crippen LogP contribution in [0.15, 0.2) is 23.4 Å². The van der Waals surface area contributed by atoms with Crippen molar-refractivity contribution >= 4 is 5.71 Å². The molecule has 0 aliphatic rings. The molecule has 0 N–H and O–H groups in total. The van der Waals surface area contributed by atoms with E-state index in [2.05, 4.69) is 23.4 Å². The third-order valence-corrected chi connectivity index (χ3v) is 2.31. The number of nitriles is 1. The van der Waals surface area contributed by atoms with Crippen molar-refractivity contribution in [2.45, 2.75) is 33.8 Å². The first-order valence-corrected chi connectivity index (χ1v) is 5.22. The summed E-state index contributed by atoms with van der Waals surface area (Å²) in [7, 11) is 0. The van der Waals surface area contributed by atoms with Gasteiger partial charge in [-0.3, -0.25) is 0 Å². The summed E-state index contributed by atoms with van der Waals surface area (Å²) in [6.07, 6.45) is -0.514. The van der Waals surface area contributed by atoms with Crippen molar-refractivity contribution in [1.82, 2.24) is 0 Å². The maximum atomic E-state index is 8.57. The molecule has 0 saturated carbocycles. The molecule has 0 bridgehead atoms. The zero-order valence-corrected chi connectivity index (χ0v) is 10.1. The van der Waals surface area contributed by atoms with Crippen LogP contribution in [0.25, 0.3) is 0 Å². The molecule has 0 spiro atoms. The summed E-state index contributed by atoms with van der Waals surface area (Å²) in [5.41, 5.74) is 4.19. The molecule has 1 unspecified atom stereocenters. The molecule has 0 saturated heterocycles. The molecule has 1 atom stereocenters. The van der Waals surface area contributed by atoms with Gasteiger partial charge in [-0.2, -0.15) is 5.26 Å². The Balaban J connectivity index is 2.92. The van der Waals surface area contributed by atoms with Crippen molar-refractivity contribution < 1.29 is 4.84 Å². The highest BCUT2D eigenvalue weighted by atomic mass is 16.6. The van der Waals surface area contributed by atoms with Crippen molar-refractivity contribution in [1.29, 1.82) is 5.26 Å². The number of rotatable bonds is 3. The number of hydrogen-bond acceptors (Lipinski definition) is 3. The largest absolute Gasteiger partial charge is 0.377 e. The molecule has 1 aromatic rings. The van der Waals surface area contributed by atoms with Gasteiger partial charge in [0.25, 0.3) is 0 Å². The topological polar surface area (TPSA) is 45.4 Å². The number of hydrogen-bond donors (Lipinski definition) is 0. The summed E-state index contributed by atoms with van der Waals surface area (Å²) in [6.45, 7) is 7.61. The molecule has 3 nitrogen and oxygen atoms in total. The van der Waals surface area contributed by atoms with Gasteiger partial charge >= 0.3 is 0 Å². The minimum Gasteiger partial charge on any atom is -0.377 e. The number of nitrogens with zero attached hydrogens (tertiary/aromatic N) is 2. The Morgan fingerprint density at radius 3 is 2.75 bits per heavy atom. The molecule has 0 radical (unpaired) electrons. The van der Waals surface area contributed by atoms with E-state index in [0.717, 1.165) is 16.8 Å². The zero-order valence-electron chi connectivity index (χ0n) is 10.1. The lowest BCUT2D eigenvalue weighted by atomic mass is 10.0. The smallest absolute Gasteiger partial charge is 0.209 e. The molecule has 0 fully saturated rings. The lowest BCUT2D eigenvalue weighted by Crippen LogP contribution is -2.04. The fourth-order valence-corrected chi connectivity index (χ4v) is 1.36. The molecule has 0 aromatic heterocycles. The lowest BCUT2D eigenvalue weighted by Gasteiger charge is -2.07. The third kappa shape index (κ3) is 3.09. The van der Waals surface area contributed by atoms with E-state index in [1.807, 2.05) is 26.8 Å². The summed E-state index contributed by atoms with van der Waals surface area (Å²) in [6, 6.07) is 8.15. The van der Waals surface area contributed by atoms with Crippen LogP contribution in [0.4, 0.5) is 0 Å². The average Bonchev–Trinajstić information content (AvgIpc) is 2.28. The molecule has 1 aromatic carbocycles. The first-order chi connectivity index (χ1) is 7.54. The molecule has 84 valence electrons. The Kier molecular flexibility index (Phi) is 4.07. The summed E-state index contributed by atoms with van der Waals surface area (Å²) in [5.74, 6) is 0. The SMILES string of the molecule is C/C(=N\OC(C)C#N)c1cc(C)ccc1C. The standard InChI is InChI=1S/C13H16N2O/c1-9-5-6-10(2)13(7-9)12(4)15-16-11(3)8-14/h5-7,11H,1-4H3/b15-12+. The molecule has 0 aliphatic heterocycles. The number of oxime groups is 1. The summed E-state index contributed by atoms with van der Waals surface area (Å²) >= 11 is 0. The Labute approximate surface area is 96.3 Å². The molecule has 0 amide bonds. The van der Waals surface area contributed by atoms with E-state index in [1.165, 1.54) is 5.56 Å². The van der Waals surface area contributed by atoms with Crippen LogP contribution in [0.5, 0.6) is 0 Å². The van der Waals surface area contributed by atoms with Crippen LogP contribution in [0, 0.1) is 25.2 Å². The van der Waals surface area contributed by atoms with Gasteiger partial charge in [-0.15, -0.1) is 0 Å². The van der Waals surface area contributed by atoms with Crippen molar-refractivity contribution in [2.75, 3.05) is 0 Å². The van der Waals surface area contributed by atoms with Gasteiger partial charge in [0.1, 0.15) is 6.07 Å². The van der Waals surface area contributed by atoms with Gasteiger partial charge in [-0.05, 0) is 39.3 Å². The van der Waals surface area contributed by atoms with E-state index in [0.29, 0.717) is 0 Å². The predicted octanol–water partition coefficient (Wildman–Crippen LogP) is 2.96. The highest BCUT2D eigenvalue weighted by Gasteiger charge is 2.04. The quantitative estimate of drug-likeness (QED) is 0.576. The monoisotopic (exact) mass is 216 g/mol. The van der Waals surface area contributed by atoms with E-state index < -0.39 is 6.10 Å². The van der Waals surface area contributed by atoms with Crippen LogP contribution in [0.1, 0.15) is 30.5 Å². The van der Waals surface area contributed by atoms with Crippen LogP contribution in [-0.4, -0.2) is 11.8 Å². The van der Waals surface area contributed by atoms with Crippen LogP contribution < -0.4 is 0 Å². The van der Waals surface area contributed by atoms with Crippen LogP contribution in [0.3, 0.4) is 0 Å². The van der Waals surface area contributed by atoms with Crippen LogP contribution in [-0.2, 0) is 4.84 Å². The van der Waals surface area contributed by atoms with Gasteiger partial charge < -0.3 is 4.84 Å². The second-order valence-corrected chi connectivity index (χ2v) is 3.87. The number of aryl methyl sites for hydroxylation is 2. The average molecular weight is 216 g/mol. The Morgan fingerprint density at radius 2 is 2.12 bits per heavy atom. The maximum Gasteiger partial charge on any atom is 0.209 e. The minimum absolute atomic E-state index is 0.514. The van der Waals surface area contributed by atoms with Crippen molar-refractivity contribution in [3.8, 4) is 6.07 Å². The van der Waals surface area contributed by atoms with Gasteiger partial charge in [0.2, 0.25) is 6.10 Å². The fraction of sp³-hybridized carbons (Fsp3) is 0.385. The second-order valence-electron chi connectivity index (χ2n) is 3.87. The van der Waals surface area contributed by atoms with Gasteiger partial charge in [0, 0.05) is 5.56 Å². The van der Waals surface area contributed by atoms with E-state index >= 15 is 0 Å². The van der Waals surface area contributed by atoms with Crippen molar-refractivity contribution in [3.05, 3.63) is 34.9 Å². The van der Waals surface area contributed by atoms with Crippen LogP contribution in [0.2, 0.25) is 0 Å². The molecular formula is C13H16N2O. The summed E-state index contributed by atoms with van der Waals surface area (Å²) in [4.78, 5) is 5.03. The highest BCUT2D eigenvalue weighted by Crippen LogP contribution is 2.12. The maximum absolute atomic E-state index is 8.57. The molecule has 1 rings (SSSR count). The molecule has 16 heavy (non-hydrogen) atoms. The van der Waals surface area contributed by atoms with E-state index in [9.17, 15) is 0 Å². The predicted molar refractivity (Wildman–Crippen MR) is 64.3 cm³/mol. The molecular weight excluding hydrogens is 200 g/mol. The van der Waals surface area contributed by atoms with Crippen molar-refractivity contribution in [2.24, 2.45) is 5.16 Å². The first kappa shape index (κ1) is 12.3. The Bertz CT molecular complexity index is 444. The van der Waals surface area contributed by atoms with E-state index in [1.54, 1.807) is 6.92 Å². The third-order valence-electron chi connectivity index (χ3n) is 2.31. The zero-order chi connectivity index (χ0) is 12.1. The summed E-state index contributed by atoms with van der Waals surface area (Å²) in [5, 5.41) is 12.5. The van der Waals surface area contributed by atoms with Gasteiger partial charge in [-0.25, -0.2) is 0 Å². The number of benzene rings is 1. The van der Waals surface area contributed by atoms with Crippen molar-refractivity contribution in [3.63, 3.8) is 0 Å². The Hall–Kier alpha value is -1.82. The van der Waals surface area contributed by atoms with E-state index in [4.69, 9.17) is 10.1 Å². The molecule has 0 aliphatic carbocycles. The molecule has 0 heterocycles. The first-order valence-electron chi connectivity index (χ1n) is 5.22. The highest BCUT2D eigenvalue weighted by molar-refractivity contribution is 5.99. The Morgan fingerprint density at radius 1 is 1.44 bits per heavy atom. The second kappa shape index (κ2) is 5.32. The van der Waals surface area contributed by atoms with Gasteiger partial charge in [0.15, 0.2) is 0 Å². The van der Waals surface area contributed by atoms with Gasteiger partial charge in [0.05, 0.1) is 5.71 Å². The van der Waals surface area contributed by atoms with Gasteiger partial charge in [-0.1, -0.05) is 22.9 Å². The van der Waals surface area contributed by atoms with E-state index in [-0.39, 0.29) is 0 Å². The summed E-state index contributed by atoms with van der Waals surface area (Å²) < 4.78 is 0.